The van der Waals surface area contributed by atoms with Crippen LogP contribution in [0.5, 0.6) is 5.75 Å². The van der Waals surface area contributed by atoms with Crippen LogP contribution in [-0.4, -0.2) is 30.9 Å². The second-order valence-electron chi connectivity index (χ2n) is 4.66. The van der Waals surface area contributed by atoms with Crippen molar-refractivity contribution in [2.75, 3.05) is 19.8 Å². The summed E-state index contributed by atoms with van der Waals surface area (Å²) in [5.74, 6) is 0.942. The lowest BCUT2D eigenvalue weighted by Gasteiger charge is -2.23. The molecule has 2 atom stereocenters. The highest BCUT2D eigenvalue weighted by molar-refractivity contribution is 5.27. The first-order valence-electron chi connectivity index (χ1n) is 6.38. The van der Waals surface area contributed by atoms with E-state index in [1.54, 1.807) is 6.07 Å². The summed E-state index contributed by atoms with van der Waals surface area (Å²) in [6.45, 7) is 4.84. The molecule has 3 nitrogen and oxygen atoms in total. The maximum absolute atomic E-state index is 9.48. The highest BCUT2D eigenvalue weighted by Gasteiger charge is 2.25. The summed E-state index contributed by atoms with van der Waals surface area (Å²) < 4.78 is 5.46. The van der Waals surface area contributed by atoms with Crippen molar-refractivity contribution in [1.82, 2.24) is 5.32 Å². The highest BCUT2D eigenvalue weighted by atomic mass is 16.5. The molecule has 2 rings (SSSR count). The number of hydrogen-bond acceptors (Lipinski definition) is 3. The van der Waals surface area contributed by atoms with Crippen molar-refractivity contribution in [3.05, 3.63) is 29.8 Å². The molecule has 3 heteroatoms. The zero-order valence-corrected chi connectivity index (χ0v) is 10.4. The monoisotopic (exact) mass is 235 g/mol. The quantitative estimate of drug-likeness (QED) is 0.819. The number of aromatic hydroxyl groups is 1. The van der Waals surface area contributed by atoms with Crippen molar-refractivity contribution in [3.8, 4) is 5.75 Å². The van der Waals surface area contributed by atoms with Crippen molar-refractivity contribution < 1.29 is 9.84 Å². The largest absolute Gasteiger partial charge is 0.508 e. The van der Waals surface area contributed by atoms with Gasteiger partial charge in [-0.15, -0.1) is 0 Å². The standard InChI is InChI=1S/C14H21NO2/c1-2-15-14(12-6-7-17-10-12)9-11-4-3-5-13(16)8-11/h3-5,8,12,14-16H,2,6-7,9-10H2,1H3. The van der Waals surface area contributed by atoms with Crippen LogP contribution in [0.25, 0.3) is 0 Å². The molecule has 0 radical (unpaired) electrons. The van der Waals surface area contributed by atoms with Gasteiger partial charge in [-0.25, -0.2) is 0 Å². The van der Waals surface area contributed by atoms with Crippen LogP contribution in [0.4, 0.5) is 0 Å². The molecule has 17 heavy (non-hydrogen) atoms. The van der Waals surface area contributed by atoms with Crippen LogP contribution in [0.2, 0.25) is 0 Å². The molecule has 1 saturated heterocycles. The van der Waals surface area contributed by atoms with Crippen molar-refractivity contribution >= 4 is 0 Å². The summed E-state index contributed by atoms with van der Waals surface area (Å²) in [7, 11) is 0. The third-order valence-electron chi connectivity index (χ3n) is 3.37. The van der Waals surface area contributed by atoms with E-state index >= 15 is 0 Å². The van der Waals surface area contributed by atoms with Crippen LogP contribution in [-0.2, 0) is 11.2 Å². The van der Waals surface area contributed by atoms with E-state index in [2.05, 4.69) is 18.3 Å². The molecule has 0 bridgehead atoms. The third-order valence-corrected chi connectivity index (χ3v) is 3.37. The van der Waals surface area contributed by atoms with E-state index in [1.165, 1.54) is 5.56 Å². The number of rotatable bonds is 5. The Morgan fingerprint density at radius 1 is 1.53 bits per heavy atom. The van der Waals surface area contributed by atoms with Gasteiger partial charge in [-0.3, -0.25) is 0 Å². The number of nitrogens with one attached hydrogen (secondary N) is 1. The number of hydrogen-bond donors (Lipinski definition) is 2. The number of phenolic OH excluding ortho intramolecular Hbond substituents is 1. The van der Waals surface area contributed by atoms with Crippen LogP contribution in [0.3, 0.4) is 0 Å². The van der Waals surface area contributed by atoms with Gasteiger partial charge in [-0.1, -0.05) is 19.1 Å². The van der Waals surface area contributed by atoms with E-state index in [0.717, 1.165) is 32.6 Å². The van der Waals surface area contributed by atoms with Gasteiger partial charge in [0.15, 0.2) is 0 Å². The fourth-order valence-corrected chi connectivity index (χ4v) is 2.48. The Morgan fingerprint density at radius 3 is 3.06 bits per heavy atom. The van der Waals surface area contributed by atoms with Crippen LogP contribution in [0.1, 0.15) is 18.9 Å². The maximum atomic E-state index is 9.48. The molecule has 1 fully saturated rings. The van der Waals surface area contributed by atoms with Gasteiger partial charge in [-0.2, -0.15) is 0 Å². The maximum Gasteiger partial charge on any atom is 0.115 e. The Hall–Kier alpha value is -1.06. The molecule has 0 saturated carbocycles. The molecule has 0 spiro atoms. The van der Waals surface area contributed by atoms with Gasteiger partial charge >= 0.3 is 0 Å². The van der Waals surface area contributed by atoms with Gasteiger partial charge in [0.05, 0.1) is 6.61 Å². The summed E-state index contributed by atoms with van der Waals surface area (Å²) in [4.78, 5) is 0. The normalized spacial score (nSPS) is 21.6. The first kappa shape index (κ1) is 12.4. The molecule has 0 aliphatic carbocycles. The first-order chi connectivity index (χ1) is 8.29. The smallest absolute Gasteiger partial charge is 0.115 e. The Bertz CT molecular complexity index is 348. The summed E-state index contributed by atoms with van der Waals surface area (Å²) in [5.41, 5.74) is 1.18. The van der Waals surface area contributed by atoms with Crippen molar-refractivity contribution in [2.45, 2.75) is 25.8 Å². The number of benzene rings is 1. The second kappa shape index (κ2) is 6.03. The summed E-state index contributed by atoms with van der Waals surface area (Å²) in [6.07, 6.45) is 2.09. The summed E-state index contributed by atoms with van der Waals surface area (Å²) >= 11 is 0. The minimum atomic E-state index is 0.348. The first-order valence-corrected chi connectivity index (χ1v) is 6.38. The Morgan fingerprint density at radius 2 is 2.41 bits per heavy atom. The van der Waals surface area contributed by atoms with Gasteiger partial charge in [0.2, 0.25) is 0 Å². The molecule has 1 aromatic carbocycles. The number of ether oxygens (including phenoxy) is 1. The number of phenols is 1. The summed E-state index contributed by atoms with van der Waals surface area (Å²) in [5, 5.41) is 13.0. The molecule has 2 N–H and O–H groups in total. The topological polar surface area (TPSA) is 41.5 Å². The minimum absolute atomic E-state index is 0.348. The third kappa shape index (κ3) is 3.45. The predicted octanol–water partition coefficient (Wildman–Crippen LogP) is 1.95. The van der Waals surface area contributed by atoms with Crippen LogP contribution in [0, 0.1) is 5.92 Å². The molecule has 2 unspecified atom stereocenters. The van der Waals surface area contributed by atoms with E-state index in [4.69, 9.17) is 4.74 Å². The van der Waals surface area contributed by atoms with Crippen molar-refractivity contribution in [1.29, 1.82) is 0 Å². The van der Waals surface area contributed by atoms with E-state index in [1.807, 2.05) is 12.1 Å². The highest BCUT2D eigenvalue weighted by Crippen LogP contribution is 2.21. The summed E-state index contributed by atoms with van der Waals surface area (Å²) in [6, 6.07) is 7.98. The zero-order chi connectivity index (χ0) is 12.1. The average molecular weight is 235 g/mol. The molecule has 0 amide bonds. The number of likely N-dealkylation sites (N-methyl/N-ethyl adjacent to an activating group) is 1. The van der Waals surface area contributed by atoms with Crippen molar-refractivity contribution in [2.24, 2.45) is 5.92 Å². The lowest BCUT2D eigenvalue weighted by atomic mass is 9.93. The van der Waals surface area contributed by atoms with Crippen LogP contribution in [0.15, 0.2) is 24.3 Å². The molecule has 94 valence electrons. The fraction of sp³-hybridized carbons (Fsp3) is 0.571. The van der Waals surface area contributed by atoms with E-state index in [0.29, 0.717) is 17.7 Å². The van der Waals surface area contributed by atoms with Crippen molar-refractivity contribution in [3.63, 3.8) is 0 Å². The molecule has 1 aliphatic rings. The van der Waals surface area contributed by atoms with E-state index in [-0.39, 0.29) is 0 Å². The molecular formula is C14H21NO2. The van der Waals surface area contributed by atoms with Crippen LogP contribution < -0.4 is 5.32 Å². The lowest BCUT2D eigenvalue weighted by molar-refractivity contribution is 0.176. The van der Waals surface area contributed by atoms with Gasteiger partial charge in [0.1, 0.15) is 5.75 Å². The van der Waals surface area contributed by atoms with Gasteiger partial charge in [-0.05, 0) is 37.1 Å². The molecule has 1 heterocycles. The second-order valence-corrected chi connectivity index (χ2v) is 4.66. The van der Waals surface area contributed by atoms with E-state index < -0.39 is 0 Å². The molecule has 1 aromatic rings. The molecular weight excluding hydrogens is 214 g/mol. The molecule has 0 aromatic heterocycles. The Balaban J connectivity index is 2.01. The van der Waals surface area contributed by atoms with E-state index in [9.17, 15) is 5.11 Å². The lowest BCUT2D eigenvalue weighted by Crippen LogP contribution is -2.38. The SMILES string of the molecule is CCNC(Cc1cccc(O)c1)C1CCOC1. The predicted molar refractivity (Wildman–Crippen MR) is 68.2 cm³/mol. The zero-order valence-electron chi connectivity index (χ0n) is 10.4. The molecule has 1 aliphatic heterocycles. The average Bonchev–Trinajstić information content (AvgIpc) is 2.82. The van der Waals surface area contributed by atoms with Gasteiger partial charge < -0.3 is 15.2 Å². The Kier molecular flexibility index (Phi) is 4.40. The minimum Gasteiger partial charge on any atom is -0.508 e. The van der Waals surface area contributed by atoms with Gasteiger partial charge in [0, 0.05) is 18.6 Å². The fourth-order valence-electron chi connectivity index (χ4n) is 2.48. The van der Waals surface area contributed by atoms with Crippen LogP contribution >= 0.6 is 0 Å². The Labute approximate surface area is 103 Å². The van der Waals surface area contributed by atoms with Gasteiger partial charge in [0.25, 0.3) is 0 Å².